The summed E-state index contributed by atoms with van der Waals surface area (Å²) in [4.78, 5) is 12.7. The maximum absolute atomic E-state index is 12.7. The summed E-state index contributed by atoms with van der Waals surface area (Å²) in [5.74, 6) is 1.16. The number of nitrogens with zero attached hydrogens (tertiary/aromatic N) is 2. The van der Waals surface area contributed by atoms with Gasteiger partial charge in [0.2, 0.25) is 0 Å². The van der Waals surface area contributed by atoms with Crippen LogP contribution >= 0.6 is 11.6 Å². The van der Waals surface area contributed by atoms with Crippen molar-refractivity contribution in [2.45, 2.75) is 20.1 Å². The number of nitrogens with one attached hydrogen (secondary N) is 1. The molecule has 0 aliphatic heterocycles. The number of carbonyl (C=O) groups is 1. The Bertz CT molecular complexity index is 1240. The predicted molar refractivity (Wildman–Crippen MR) is 129 cm³/mol. The van der Waals surface area contributed by atoms with Crippen molar-refractivity contribution < 1.29 is 14.3 Å². The first-order valence-electron chi connectivity index (χ1n) is 10.5. The average molecular weight is 462 g/mol. The molecule has 0 radical (unpaired) electrons. The normalized spacial score (nSPS) is 10.6. The first-order valence-corrected chi connectivity index (χ1v) is 10.8. The van der Waals surface area contributed by atoms with Gasteiger partial charge in [-0.3, -0.25) is 9.48 Å². The molecule has 6 nitrogen and oxygen atoms in total. The number of ether oxygens (including phenoxy) is 2. The average Bonchev–Trinajstić information content (AvgIpc) is 3.20. The minimum Gasteiger partial charge on any atom is -0.497 e. The summed E-state index contributed by atoms with van der Waals surface area (Å²) in [6, 6.07) is 24.4. The first kappa shape index (κ1) is 22.4. The van der Waals surface area contributed by atoms with E-state index in [1.807, 2.05) is 49.4 Å². The third kappa shape index (κ3) is 5.73. The van der Waals surface area contributed by atoms with E-state index in [9.17, 15) is 4.79 Å². The Morgan fingerprint density at radius 3 is 2.52 bits per heavy atom. The molecule has 0 saturated heterocycles. The number of hydrogen-bond donors (Lipinski definition) is 1. The van der Waals surface area contributed by atoms with Crippen molar-refractivity contribution >= 4 is 23.2 Å². The van der Waals surface area contributed by atoms with Crippen molar-refractivity contribution in [2.75, 3.05) is 12.4 Å². The van der Waals surface area contributed by atoms with Gasteiger partial charge in [0.1, 0.15) is 18.1 Å². The molecule has 3 aromatic carbocycles. The van der Waals surface area contributed by atoms with Crippen LogP contribution in [0.4, 0.5) is 5.69 Å². The quantitative estimate of drug-likeness (QED) is 0.363. The highest BCUT2D eigenvalue weighted by molar-refractivity contribution is 6.30. The smallest absolute Gasteiger partial charge is 0.276 e. The van der Waals surface area contributed by atoms with Crippen molar-refractivity contribution in [1.82, 2.24) is 9.78 Å². The number of carbonyl (C=O) groups excluding carboxylic acids is 1. The van der Waals surface area contributed by atoms with E-state index >= 15 is 0 Å². The van der Waals surface area contributed by atoms with Crippen LogP contribution in [0.1, 0.15) is 27.3 Å². The second kappa shape index (κ2) is 10.2. The van der Waals surface area contributed by atoms with E-state index < -0.39 is 0 Å². The fraction of sp³-hybridized carbons (Fsp3) is 0.154. The molecule has 0 saturated carbocycles. The van der Waals surface area contributed by atoms with Crippen molar-refractivity contribution in [2.24, 2.45) is 0 Å². The first-order chi connectivity index (χ1) is 16.0. The lowest BCUT2D eigenvalue weighted by Gasteiger charge is -2.13. The number of benzene rings is 3. The van der Waals surface area contributed by atoms with Crippen molar-refractivity contribution in [1.29, 1.82) is 0 Å². The Morgan fingerprint density at radius 1 is 1.03 bits per heavy atom. The van der Waals surface area contributed by atoms with Gasteiger partial charge >= 0.3 is 0 Å². The molecule has 33 heavy (non-hydrogen) atoms. The summed E-state index contributed by atoms with van der Waals surface area (Å²) >= 11 is 6.25. The van der Waals surface area contributed by atoms with Gasteiger partial charge in [0.05, 0.1) is 13.7 Å². The van der Waals surface area contributed by atoms with Gasteiger partial charge in [-0.1, -0.05) is 41.9 Å². The Kier molecular flexibility index (Phi) is 6.95. The zero-order valence-corrected chi connectivity index (χ0v) is 19.2. The van der Waals surface area contributed by atoms with Gasteiger partial charge in [0.15, 0.2) is 5.69 Å². The summed E-state index contributed by atoms with van der Waals surface area (Å²) in [7, 11) is 1.60. The van der Waals surface area contributed by atoms with Crippen molar-refractivity contribution in [3.8, 4) is 11.5 Å². The zero-order chi connectivity index (χ0) is 23.2. The molecule has 0 unspecified atom stereocenters. The summed E-state index contributed by atoms with van der Waals surface area (Å²) in [6.07, 6.45) is 0. The highest BCUT2D eigenvalue weighted by Gasteiger charge is 2.15. The monoisotopic (exact) mass is 461 g/mol. The van der Waals surface area contributed by atoms with Gasteiger partial charge in [-0.15, -0.1) is 0 Å². The molecule has 0 aliphatic carbocycles. The van der Waals surface area contributed by atoms with Crippen LogP contribution in [-0.4, -0.2) is 22.8 Å². The molecule has 7 heteroatoms. The second-order valence-electron chi connectivity index (χ2n) is 7.54. The fourth-order valence-electron chi connectivity index (χ4n) is 3.36. The van der Waals surface area contributed by atoms with Gasteiger partial charge in [0, 0.05) is 22.0 Å². The molecule has 4 aromatic rings. The summed E-state index contributed by atoms with van der Waals surface area (Å²) in [5, 5.41) is 7.97. The number of rotatable bonds is 8. The van der Waals surface area contributed by atoms with Crippen LogP contribution < -0.4 is 14.8 Å². The summed E-state index contributed by atoms with van der Waals surface area (Å²) < 4.78 is 13.0. The Hall–Kier alpha value is -3.77. The zero-order valence-electron chi connectivity index (χ0n) is 18.4. The second-order valence-corrected chi connectivity index (χ2v) is 7.97. The SMILES string of the molecule is COc1ccc(NC(=O)c2cc(C)n(Cc3cc(Cl)ccc3OCc3ccccc3)n2)cc1. The van der Waals surface area contributed by atoms with E-state index in [4.69, 9.17) is 21.1 Å². The number of hydrogen-bond acceptors (Lipinski definition) is 4. The van der Waals surface area contributed by atoms with Gasteiger partial charge in [0.25, 0.3) is 5.91 Å². The standard InChI is InChI=1S/C26H24ClN3O3/c1-18-14-24(26(31)28-22-9-11-23(32-2)12-10-22)29-30(18)16-20-15-21(27)8-13-25(20)33-17-19-6-4-3-5-7-19/h3-15H,16-17H2,1-2H3,(H,28,31). The van der Waals surface area contributed by atoms with Crippen molar-refractivity contribution in [3.63, 3.8) is 0 Å². The molecular formula is C26H24ClN3O3. The predicted octanol–water partition coefficient (Wildman–Crippen LogP) is 5.73. The number of methoxy groups -OCH3 is 1. The van der Waals surface area contributed by atoms with Crippen molar-refractivity contribution in [3.05, 3.63) is 106 Å². The highest BCUT2D eigenvalue weighted by atomic mass is 35.5. The van der Waals surface area contributed by atoms with E-state index in [-0.39, 0.29) is 5.91 Å². The third-order valence-electron chi connectivity index (χ3n) is 5.14. The largest absolute Gasteiger partial charge is 0.497 e. The van der Waals surface area contributed by atoms with Gasteiger partial charge in [-0.2, -0.15) is 5.10 Å². The number of aryl methyl sites for hydroxylation is 1. The lowest BCUT2D eigenvalue weighted by atomic mass is 10.2. The van der Waals surface area contributed by atoms with Gasteiger partial charge in [-0.05, 0) is 61.0 Å². The molecule has 4 rings (SSSR count). The minimum atomic E-state index is -0.284. The molecule has 1 aromatic heterocycles. The molecule has 0 spiro atoms. The maximum atomic E-state index is 12.7. The van der Waals surface area contributed by atoms with E-state index in [1.165, 1.54) is 0 Å². The van der Waals surface area contributed by atoms with Crippen LogP contribution in [0.5, 0.6) is 11.5 Å². The van der Waals surface area contributed by atoms with Gasteiger partial charge in [-0.25, -0.2) is 0 Å². The molecule has 1 N–H and O–H groups in total. The fourth-order valence-corrected chi connectivity index (χ4v) is 3.55. The minimum absolute atomic E-state index is 0.284. The lowest BCUT2D eigenvalue weighted by Crippen LogP contribution is -2.14. The molecular weight excluding hydrogens is 438 g/mol. The molecule has 1 heterocycles. The molecule has 0 aliphatic rings. The Labute approximate surface area is 197 Å². The number of anilines is 1. The molecule has 0 atom stereocenters. The lowest BCUT2D eigenvalue weighted by molar-refractivity contribution is 0.102. The topological polar surface area (TPSA) is 65.4 Å². The van der Waals surface area contributed by atoms with Gasteiger partial charge < -0.3 is 14.8 Å². The third-order valence-corrected chi connectivity index (χ3v) is 5.38. The number of amides is 1. The summed E-state index contributed by atoms with van der Waals surface area (Å²) in [6.45, 7) is 2.78. The molecule has 0 bridgehead atoms. The van der Waals surface area contributed by atoms with E-state index in [1.54, 1.807) is 48.2 Å². The van der Waals surface area contributed by atoms with Crippen LogP contribution in [-0.2, 0) is 13.2 Å². The van der Waals surface area contributed by atoms with Crippen LogP contribution in [0.15, 0.2) is 78.9 Å². The van der Waals surface area contributed by atoms with Crippen LogP contribution in [0.3, 0.4) is 0 Å². The molecule has 1 amide bonds. The van der Waals surface area contributed by atoms with E-state index in [2.05, 4.69) is 10.4 Å². The van der Waals surface area contributed by atoms with Crippen LogP contribution in [0.2, 0.25) is 5.02 Å². The Morgan fingerprint density at radius 2 is 1.79 bits per heavy atom. The Balaban J connectivity index is 1.49. The number of aromatic nitrogens is 2. The van der Waals surface area contributed by atoms with Crippen LogP contribution in [0.25, 0.3) is 0 Å². The summed E-state index contributed by atoms with van der Waals surface area (Å²) in [5.41, 5.74) is 3.80. The highest BCUT2D eigenvalue weighted by Crippen LogP contribution is 2.25. The van der Waals surface area contributed by atoms with Crippen LogP contribution in [0, 0.1) is 6.92 Å². The van der Waals surface area contributed by atoms with E-state index in [0.29, 0.717) is 29.6 Å². The molecule has 0 fully saturated rings. The molecule has 168 valence electrons. The number of halogens is 1. The maximum Gasteiger partial charge on any atom is 0.276 e. The van der Waals surface area contributed by atoms with E-state index in [0.717, 1.165) is 28.3 Å².